The molecule has 0 spiro atoms. The second-order valence-corrected chi connectivity index (χ2v) is 6.18. The van der Waals surface area contributed by atoms with Crippen LogP contribution in [-0.4, -0.2) is 55.6 Å². The Hall–Kier alpha value is -0.900. The minimum Gasteiger partial charge on any atom is -0.319 e. The van der Waals surface area contributed by atoms with Crippen molar-refractivity contribution in [3.63, 3.8) is 0 Å². The molecule has 20 heavy (non-hydrogen) atoms. The molecule has 0 amide bonds. The molecular formula is C17H29N3. The van der Waals surface area contributed by atoms with Crippen molar-refractivity contribution in [2.45, 2.75) is 38.9 Å². The predicted molar refractivity (Wildman–Crippen MR) is 86.0 cm³/mol. The Bertz CT molecular complexity index is 406. The van der Waals surface area contributed by atoms with E-state index in [0.29, 0.717) is 12.1 Å². The maximum Gasteiger partial charge on any atom is 0.0237 e. The molecule has 1 N–H and O–H groups in total. The second-order valence-electron chi connectivity index (χ2n) is 6.18. The van der Waals surface area contributed by atoms with Gasteiger partial charge in [0.2, 0.25) is 0 Å². The summed E-state index contributed by atoms with van der Waals surface area (Å²) in [5.41, 5.74) is 2.98. The molecule has 0 radical (unpaired) electrons. The van der Waals surface area contributed by atoms with Crippen molar-refractivity contribution < 1.29 is 0 Å². The molecule has 1 saturated heterocycles. The lowest BCUT2D eigenvalue weighted by Gasteiger charge is -2.42. The minimum absolute atomic E-state index is 0.642. The summed E-state index contributed by atoms with van der Waals surface area (Å²) in [6.45, 7) is 9.13. The van der Waals surface area contributed by atoms with E-state index in [1.165, 1.54) is 24.2 Å². The third-order valence-electron chi connectivity index (χ3n) is 4.59. The first-order chi connectivity index (χ1) is 9.61. The van der Waals surface area contributed by atoms with Crippen molar-refractivity contribution in [2.75, 3.05) is 33.7 Å². The fourth-order valence-corrected chi connectivity index (χ4v) is 3.10. The first kappa shape index (κ1) is 15.5. The summed E-state index contributed by atoms with van der Waals surface area (Å²) in [5.74, 6) is 0. The summed E-state index contributed by atoms with van der Waals surface area (Å²) in [7, 11) is 4.26. The van der Waals surface area contributed by atoms with Crippen LogP contribution in [0.3, 0.4) is 0 Å². The van der Waals surface area contributed by atoms with Crippen LogP contribution in [0.15, 0.2) is 24.3 Å². The predicted octanol–water partition coefficient (Wildman–Crippen LogP) is 1.97. The lowest BCUT2D eigenvalue weighted by molar-refractivity contribution is 0.0555. The highest BCUT2D eigenvalue weighted by atomic mass is 15.3. The van der Waals surface area contributed by atoms with E-state index in [0.717, 1.165) is 19.5 Å². The van der Waals surface area contributed by atoms with E-state index in [9.17, 15) is 0 Å². The van der Waals surface area contributed by atoms with Gasteiger partial charge >= 0.3 is 0 Å². The molecule has 112 valence electrons. The summed E-state index contributed by atoms with van der Waals surface area (Å²) < 4.78 is 0. The third-order valence-corrected chi connectivity index (χ3v) is 4.59. The Labute approximate surface area is 124 Å². The van der Waals surface area contributed by atoms with Crippen LogP contribution in [-0.2, 0) is 13.0 Å². The number of piperazine rings is 1. The Morgan fingerprint density at radius 3 is 2.30 bits per heavy atom. The zero-order valence-electron chi connectivity index (χ0n) is 13.4. The molecule has 1 aromatic carbocycles. The molecule has 1 aliphatic heterocycles. The number of benzene rings is 1. The van der Waals surface area contributed by atoms with Crippen molar-refractivity contribution in [3.05, 3.63) is 35.4 Å². The van der Waals surface area contributed by atoms with E-state index >= 15 is 0 Å². The first-order valence-electron chi connectivity index (χ1n) is 7.77. The number of nitrogens with one attached hydrogen (secondary N) is 1. The van der Waals surface area contributed by atoms with Crippen LogP contribution < -0.4 is 5.32 Å². The van der Waals surface area contributed by atoms with Gasteiger partial charge in [-0.1, -0.05) is 24.3 Å². The van der Waals surface area contributed by atoms with Crippen LogP contribution in [0.5, 0.6) is 0 Å². The SMILES string of the molecule is CNCCc1ccccc1CN1CC(C)N(C)C(C)C1. The van der Waals surface area contributed by atoms with Gasteiger partial charge in [0.15, 0.2) is 0 Å². The van der Waals surface area contributed by atoms with Gasteiger partial charge in [0.05, 0.1) is 0 Å². The zero-order chi connectivity index (χ0) is 14.5. The highest BCUT2D eigenvalue weighted by Crippen LogP contribution is 2.18. The molecule has 0 bridgehead atoms. The van der Waals surface area contributed by atoms with Crippen molar-refractivity contribution in [3.8, 4) is 0 Å². The van der Waals surface area contributed by atoms with Gasteiger partial charge in [-0.05, 0) is 52.0 Å². The summed E-state index contributed by atoms with van der Waals surface area (Å²) in [6.07, 6.45) is 1.12. The van der Waals surface area contributed by atoms with Gasteiger partial charge in [-0.15, -0.1) is 0 Å². The van der Waals surface area contributed by atoms with Crippen molar-refractivity contribution in [2.24, 2.45) is 0 Å². The van der Waals surface area contributed by atoms with Gasteiger partial charge < -0.3 is 5.32 Å². The summed E-state index contributed by atoms with van der Waals surface area (Å²) >= 11 is 0. The Morgan fingerprint density at radius 2 is 1.70 bits per heavy atom. The first-order valence-corrected chi connectivity index (χ1v) is 7.77. The molecule has 3 nitrogen and oxygen atoms in total. The molecule has 1 aromatic rings. The van der Waals surface area contributed by atoms with Crippen LogP contribution >= 0.6 is 0 Å². The monoisotopic (exact) mass is 275 g/mol. The summed E-state index contributed by atoms with van der Waals surface area (Å²) in [5, 5.41) is 3.25. The fraction of sp³-hybridized carbons (Fsp3) is 0.647. The highest BCUT2D eigenvalue weighted by molar-refractivity contribution is 5.27. The van der Waals surface area contributed by atoms with Gasteiger partial charge in [0.1, 0.15) is 0 Å². The van der Waals surface area contributed by atoms with Crippen molar-refractivity contribution >= 4 is 0 Å². The minimum atomic E-state index is 0.642. The average molecular weight is 275 g/mol. The molecule has 0 aliphatic carbocycles. The molecule has 1 aliphatic rings. The average Bonchev–Trinajstić information content (AvgIpc) is 2.44. The lowest BCUT2D eigenvalue weighted by atomic mass is 10.0. The number of likely N-dealkylation sites (N-methyl/N-ethyl adjacent to an activating group) is 2. The molecule has 3 heteroatoms. The van der Waals surface area contributed by atoms with Gasteiger partial charge in [-0.2, -0.15) is 0 Å². The van der Waals surface area contributed by atoms with Crippen LogP contribution in [0.4, 0.5) is 0 Å². The molecule has 1 fully saturated rings. The quantitative estimate of drug-likeness (QED) is 0.886. The van der Waals surface area contributed by atoms with Crippen molar-refractivity contribution in [1.29, 1.82) is 0 Å². The van der Waals surface area contributed by atoms with E-state index in [1.807, 2.05) is 7.05 Å². The normalized spacial score (nSPS) is 25.0. The van der Waals surface area contributed by atoms with Gasteiger partial charge in [0.25, 0.3) is 0 Å². The Balaban J connectivity index is 2.02. The standard InChI is InChI=1S/C17H29N3/c1-14-11-20(12-15(2)19(14)4)13-17-8-6-5-7-16(17)9-10-18-3/h5-8,14-15,18H,9-13H2,1-4H3. The molecule has 2 atom stereocenters. The van der Waals surface area contributed by atoms with E-state index in [1.54, 1.807) is 0 Å². The van der Waals surface area contributed by atoms with Crippen molar-refractivity contribution in [1.82, 2.24) is 15.1 Å². The maximum atomic E-state index is 3.25. The van der Waals surface area contributed by atoms with Crippen LogP contribution in [0, 0.1) is 0 Å². The second kappa shape index (κ2) is 7.21. The number of hydrogen-bond acceptors (Lipinski definition) is 3. The van der Waals surface area contributed by atoms with Crippen LogP contribution in [0.1, 0.15) is 25.0 Å². The summed E-state index contributed by atoms with van der Waals surface area (Å²) in [6, 6.07) is 10.2. The fourth-order valence-electron chi connectivity index (χ4n) is 3.10. The molecule has 0 aromatic heterocycles. The maximum absolute atomic E-state index is 3.25. The topological polar surface area (TPSA) is 18.5 Å². The van der Waals surface area contributed by atoms with E-state index < -0.39 is 0 Å². The number of hydrogen-bond donors (Lipinski definition) is 1. The molecule has 1 heterocycles. The van der Waals surface area contributed by atoms with E-state index in [2.05, 4.69) is 60.3 Å². The molecular weight excluding hydrogens is 246 g/mol. The zero-order valence-corrected chi connectivity index (χ0v) is 13.4. The lowest BCUT2D eigenvalue weighted by Crippen LogP contribution is -2.54. The number of rotatable bonds is 5. The Kier molecular flexibility index (Phi) is 5.58. The van der Waals surface area contributed by atoms with E-state index in [-0.39, 0.29) is 0 Å². The smallest absolute Gasteiger partial charge is 0.0237 e. The van der Waals surface area contributed by atoms with Gasteiger partial charge in [-0.25, -0.2) is 0 Å². The van der Waals surface area contributed by atoms with Crippen LogP contribution in [0.25, 0.3) is 0 Å². The largest absolute Gasteiger partial charge is 0.319 e. The van der Waals surface area contributed by atoms with E-state index in [4.69, 9.17) is 0 Å². The molecule has 2 unspecified atom stereocenters. The number of nitrogens with zero attached hydrogens (tertiary/aromatic N) is 2. The highest BCUT2D eigenvalue weighted by Gasteiger charge is 2.26. The van der Waals surface area contributed by atoms with Crippen LogP contribution in [0.2, 0.25) is 0 Å². The molecule has 2 rings (SSSR count). The Morgan fingerprint density at radius 1 is 1.10 bits per heavy atom. The summed E-state index contributed by atoms with van der Waals surface area (Å²) in [4.78, 5) is 5.09. The van der Waals surface area contributed by atoms with Gasteiger partial charge in [0, 0.05) is 31.7 Å². The van der Waals surface area contributed by atoms with Gasteiger partial charge in [-0.3, -0.25) is 9.80 Å². The third kappa shape index (κ3) is 3.81. The molecule has 0 saturated carbocycles.